The number of aromatic nitrogens is 4. The van der Waals surface area contributed by atoms with E-state index >= 15 is 0 Å². The first-order valence-corrected chi connectivity index (χ1v) is 12.5. The van der Waals surface area contributed by atoms with Crippen molar-refractivity contribution in [2.45, 2.75) is 18.6 Å². The fourth-order valence-corrected chi connectivity index (χ4v) is 5.43. The second-order valence-corrected chi connectivity index (χ2v) is 9.77. The number of H-pyrrole nitrogens is 1. The van der Waals surface area contributed by atoms with Gasteiger partial charge in [0.2, 0.25) is 5.91 Å². The average Bonchev–Trinajstić information content (AvgIpc) is 3.57. The standard InChI is InChI=1S/C25H23N5OS2/c1-17-8-3-6-12-22(17)30-24(20-14-26-21-11-5-4-10-19(20)21)27-28-25(30)33-16-23(31)29(2)15-18-9-7-13-32-18/h3-14,26H,15-16H2,1-2H3. The van der Waals surface area contributed by atoms with Crippen molar-refractivity contribution in [2.24, 2.45) is 0 Å². The van der Waals surface area contributed by atoms with E-state index in [0.29, 0.717) is 17.5 Å². The summed E-state index contributed by atoms with van der Waals surface area (Å²) in [4.78, 5) is 19.1. The highest BCUT2D eigenvalue weighted by molar-refractivity contribution is 7.99. The van der Waals surface area contributed by atoms with Crippen molar-refractivity contribution in [2.75, 3.05) is 12.8 Å². The van der Waals surface area contributed by atoms with Gasteiger partial charge in [-0.1, -0.05) is 54.2 Å². The molecule has 0 aliphatic carbocycles. The molecule has 5 aromatic rings. The Balaban J connectivity index is 1.48. The van der Waals surface area contributed by atoms with Gasteiger partial charge < -0.3 is 9.88 Å². The number of rotatable bonds is 7. The molecule has 5 rings (SSSR count). The number of fused-ring (bicyclic) bond motifs is 1. The molecule has 0 aliphatic rings. The number of hydrogen-bond donors (Lipinski definition) is 1. The summed E-state index contributed by atoms with van der Waals surface area (Å²) in [6.45, 7) is 2.69. The molecule has 1 N–H and O–H groups in total. The molecule has 0 atom stereocenters. The Morgan fingerprint density at radius 3 is 2.73 bits per heavy atom. The third-order valence-corrected chi connectivity index (χ3v) is 7.32. The van der Waals surface area contributed by atoms with Gasteiger partial charge in [-0.25, -0.2) is 0 Å². The molecular formula is C25H23N5OS2. The number of thioether (sulfide) groups is 1. The first-order chi connectivity index (χ1) is 16.1. The van der Waals surface area contributed by atoms with E-state index < -0.39 is 0 Å². The summed E-state index contributed by atoms with van der Waals surface area (Å²) in [5, 5.41) is 12.9. The molecule has 0 bridgehead atoms. The number of carbonyl (C=O) groups is 1. The van der Waals surface area contributed by atoms with Crippen molar-refractivity contribution in [1.29, 1.82) is 0 Å². The molecular weight excluding hydrogens is 450 g/mol. The maximum absolute atomic E-state index is 12.8. The Hall–Kier alpha value is -3.36. The van der Waals surface area contributed by atoms with E-state index in [1.165, 1.54) is 16.6 Å². The number of benzene rings is 2. The largest absolute Gasteiger partial charge is 0.360 e. The summed E-state index contributed by atoms with van der Waals surface area (Å²) in [5.41, 5.74) is 4.15. The van der Waals surface area contributed by atoms with Crippen LogP contribution in [0.1, 0.15) is 10.4 Å². The smallest absolute Gasteiger partial charge is 0.233 e. The van der Waals surface area contributed by atoms with Crippen molar-refractivity contribution in [3.05, 3.63) is 82.7 Å². The minimum atomic E-state index is 0.0568. The van der Waals surface area contributed by atoms with Gasteiger partial charge >= 0.3 is 0 Å². The first-order valence-electron chi connectivity index (χ1n) is 10.6. The molecule has 0 saturated heterocycles. The van der Waals surface area contributed by atoms with Gasteiger partial charge in [-0.2, -0.15) is 0 Å². The summed E-state index contributed by atoms with van der Waals surface area (Å²) >= 11 is 3.07. The van der Waals surface area contributed by atoms with Gasteiger partial charge in [-0.05, 0) is 36.1 Å². The number of thiophene rings is 1. The molecule has 33 heavy (non-hydrogen) atoms. The molecule has 166 valence electrons. The van der Waals surface area contributed by atoms with E-state index in [2.05, 4.69) is 44.9 Å². The molecule has 0 saturated carbocycles. The third kappa shape index (κ3) is 4.31. The molecule has 0 unspecified atom stereocenters. The fourth-order valence-electron chi connectivity index (χ4n) is 3.79. The van der Waals surface area contributed by atoms with Crippen LogP contribution in [0, 0.1) is 6.92 Å². The van der Waals surface area contributed by atoms with Crippen LogP contribution >= 0.6 is 23.1 Å². The maximum atomic E-state index is 12.8. The molecule has 0 radical (unpaired) electrons. The highest BCUT2D eigenvalue weighted by Crippen LogP contribution is 2.33. The number of aryl methyl sites for hydroxylation is 1. The van der Waals surface area contributed by atoms with E-state index in [0.717, 1.165) is 33.5 Å². The Kier molecular flexibility index (Phi) is 6.02. The molecule has 3 aromatic heterocycles. The lowest BCUT2D eigenvalue weighted by molar-refractivity contribution is -0.127. The molecule has 0 aliphatic heterocycles. The van der Waals surface area contributed by atoms with Crippen molar-refractivity contribution < 1.29 is 4.79 Å². The third-order valence-electron chi connectivity index (χ3n) is 5.54. The van der Waals surface area contributed by atoms with E-state index in [4.69, 9.17) is 0 Å². The van der Waals surface area contributed by atoms with E-state index in [-0.39, 0.29) is 5.91 Å². The van der Waals surface area contributed by atoms with Crippen molar-refractivity contribution >= 4 is 39.9 Å². The number of carbonyl (C=O) groups excluding carboxylic acids is 1. The Morgan fingerprint density at radius 2 is 1.91 bits per heavy atom. The van der Waals surface area contributed by atoms with Crippen LogP contribution in [0.25, 0.3) is 28.0 Å². The summed E-state index contributed by atoms with van der Waals surface area (Å²) in [7, 11) is 1.84. The number of nitrogens with one attached hydrogen (secondary N) is 1. The predicted molar refractivity (Wildman–Crippen MR) is 135 cm³/mol. The molecule has 1 amide bonds. The maximum Gasteiger partial charge on any atom is 0.233 e. The zero-order valence-corrected chi connectivity index (χ0v) is 20.0. The minimum Gasteiger partial charge on any atom is -0.360 e. The van der Waals surface area contributed by atoms with Crippen molar-refractivity contribution in [3.63, 3.8) is 0 Å². The van der Waals surface area contributed by atoms with Gasteiger partial charge in [0.1, 0.15) is 0 Å². The number of para-hydroxylation sites is 2. The van der Waals surface area contributed by atoms with Gasteiger partial charge in [0.05, 0.1) is 18.0 Å². The van der Waals surface area contributed by atoms with Gasteiger partial charge in [0, 0.05) is 34.6 Å². The average molecular weight is 474 g/mol. The van der Waals surface area contributed by atoms with Crippen LogP contribution in [0.2, 0.25) is 0 Å². The molecule has 2 aromatic carbocycles. The second kappa shape index (κ2) is 9.25. The van der Waals surface area contributed by atoms with Gasteiger partial charge in [0.15, 0.2) is 11.0 Å². The summed E-state index contributed by atoms with van der Waals surface area (Å²) < 4.78 is 2.06. The van der Waals surface area contributed by atoms with Crippen LogP contribution in [-0.4, -0.2) is 43.4 Å². The van der Waals surface area contributed by atoms with Crippen LogP contribution in [0.15, 0.2) is 77.4 Å². The molecule has 8 heteroatoms. The van der Waals surface area contributed by atoms with Gasteiger partial charge in [-0.3, -0.25) is 9.36 Å². The SMILES string of the molecule is Cc1ccccc1-n1c(SCC(=O)N(C)Cc2cccs2)nnc1-c1c[nH]c2ccccc12. The van der Waals surface area contributed by atoms with Gasteiger partial charge in [-0.15, -0.1) is 21.5 Å². The Labute approximate surface area is 200 Å². The van der Waals surface area contributed by atoms with Crippen LogP contribution in [0.3, 0.4) is 0 Å². The van der Waals surface area contributed by atoms with Crippen LogP contribution in [-0.2, 0) is 11.3 Å². The highest BCUT2D eigenvalue weighted by Gasteiger charge is 2.21. The quantitative estimate of drug-likeness (QED) is 0.315. The molecule has 0 spiro atoms. The normalized spacial score (nSPS) is 11.2. The summed E-state index contributed by atoms with van der Waals surface area (Å²) in [6, 6.07) is 20.4. The Bertz CT molecular complexity index is 1400. The lowest BCUT2D eigenvalue weighted by Crippen LogP contribution is -2.27. The molecule has 3 heterocycles. The Morgan fingerprint density at radius 1 is 1.09 bits per heavy atom. The highest BCUT2D eigenvalue weighted by atomic mass is 32.2. The minimum absolute atomic E-state index is 0.0568. The van der Waals surface area contributed by atoms with Crippen LogP contribution in [0.4, 0.5) is 0 Å². The number of hydrogen-bond acceptors (Lipinski definition) is 5. The lowest BCUT2D eigenvalue weighted by atomic mass is 10.1. The first kappa shape index (κ1) is 21.5. The summed E-state index contributed by atoms with van der Waals surface area (Å²) in [5.74, 6) is 1.10. The van der Waals surface area contributed by atoms with Crippen molar-refractivity contribution in [3.8, 4) is 17.1 Å². The van der Waals surface area contributed by atoms with Gasteiger partial charge in [0.25, 0.3) is 0 Å². The number of nitrogens with zero attached hydrogens (tertiary/aromatic N) is 4. The number of amides is 1. The fraction of sp³-hybridized carbons (Fsp3) is 0.160. The van der Waals surface area contributed by atoms with E-state index in [1.54, 1.807) is 16.2 Å². The predicted octanol–water partition coefficient (Wildman–Crippen LogP) is 5.54. The monoisotopic (exact) mass is 473 g/mol. The van der Waals surface area contributed by atoms with E-state index in [9.17, 15) is 4.79 Å². The van der Waals surface area contributed by atoms with E-state index in [1.807, 2.05) is 61.1 Å². The molecule has 6 nitrogen and oxygen atoms in total. The lowest BCUT2D eigenvalue weighted by Gasteiger charge is -2.16. The summed E-state index contributed by atoms with van der Waals surface area (Å²) in [6.07, 6.45) is 1.97. The number of aromatic amines is 1. The van der Waals surface area contributed by atoms with Crippen LogP contribution in [0.5, 0.6) is 0 Å². The second-order valence-electron chi connectivity index (χ2n) is 7.79. The zero-order chi connectivity index (χ0) is 22.8. The van der Waals surface area contributed by atoms with Crippen LogP contribution < -0.4 is 0 Å². The topological polar surface area (TPSA) is 66.8 Å². The molecule has 0 fully saturated rings. The zero-order valence-electron chi connectivity index (χ0n) is 18.4. The van der Waals surface area contributed by atoms with Crippen molar-refractivity contribution in [1.82, 2.24) is 24.6 Å².